The Bertz CT molecular complexity index is 497. The summed E-state index contributed by atoms with van der Waals surface area (Å²) in [5.74, 6) is 0. The summed E-state index contributed by atoms with van der Waals surface area (Å²) in [4.78, 5) is 18.7. The largest absolute Gasteiger partial charge is 0.351 e. The number of carbonyl (C=O) groups excluding carboxylic acids is 1. The van der Waals surface area contributed by atoms with E-state index in [1.807, 2.05) is 24.3 Å². The molecule has 0 radical (unpaired) electrons. The molecule has 76 valence electrons. The van der Waals surface area contributed by atoms with Crippen LogP contribution in [0.15, 0.2) is 35.6 Å². The van der Waals surface area contributed by atoms with Crippen molar-refractivity contribution in [3.63, 3.8) is 0 Å². The van der Waals surface area contributed by atoms with Gasteiger partial charge in [-0.3, -0.25) is 4.72 Å². The fraction of sp³-hybridized carbons (Fsp3) is 0. The number of nitrogens with zero attached hydrogens (tertiary/aromatic N) is 2. The summed E-state index contributed by atoms with van der Waals surface area (Å²) in [6, 6.07) is 6.96. The molecule has 0 bridgehead atoms. The van der Waals surface area contributed by atoms with E-state index in [1.165, 1.54) is 6.33 Å². The molecule has 0 aliphatic rings. The average Bonchev–Trinajstić information content (AvgIpc) is 2.26. The number of hydrogen-bond acceptors (Lipinski definition) is 4. The van der Waals surface area contributed by atoms with E-state index in [-0.39, 0.29) is 0 Å². The first-order valence-corrected chi connectivity index (χ1v) is 5.01. The number of nitrogens with two attached hydrogens (primary N) is 1. The van der Waals surface area contributed by atoms with Crippen LogP contribution in [-0.4, -0.2) is 16.0 Å². The minimum Gasteiger partial charge on any atom is -0.351 e. The molecule has 5 nitrogen and oxygen atoms in total. The van der Waals surface area contributed by atoms with E-state index in [1.54, 1.807) is 0 Å². The first-order chi connectivity index (χ1) is 7.27. The van der Waals surface area contributed by atoms with E-state index >= 15 is 0 Å². The summed E-state index contributed by atoms with van der Waals surface area (Å²) in [5.41, 5.74) is 5.80. The zero-order valence-electron chi connectivity index (χ0n) is 7.68. The third kappa shape index (κ3) is 2.16. The predicted molar refractivity (Wildman–Crippen MR) is 58.1 cm³/mol. The van der Waals surface area contributed by atoms with Gasteiger partial charge in [-0.2, -0.15) is 0 Å². The lowest BCUT2D eigenvalue weighted by Crippen LogP contribution is -2.22. The van der Waals surface area contributed by atoms with E-state index in [4.69, 9.17) is 5.73 Å². The summed E-state index contributed by atoms with van der Waals surface area (Å²) in [5, 5.41) is 1.57. The zero-order chi connectivity index (χ0) is 10.7. The van der Waals surface area contributed by atoms with Gasteiger partial charge in [0.15, 0.2) is 0 Å². The van der Waals surface area contributed by atoms with Crippen LogP contribution in [0.4, 0.5) is 4.79 Å². The number of nitrogens with one attached hydrogen (secondary N) is 1. The van der Waals surface area contributed by atoms with Crippen LogP contribution in [-0.2, 0) is 0 Å². The van der Waals surface area contributed by atoms with Crippen LogP contribution in [0.1, 0.15) is 0 Å². The molecule has 0 spiro atoms. The van der Waals surface area contributed by atoms with Crippen LogP contribution >= 0.6 is 11.9 Å². The summed E-state index contributed by atoms with van der Waals surface area (Å²) >= 11 is 1.08. The standard InChI is InChI=1S/C9H8N4OS/c10-9(14)13-15-8-6-3-1-2-4-7(6)11-5-12-8/h1-5H,(H3,10,13,14). The first kappa shape index (κ1) is 9.72. The van der Waals surface area contributed by atoms with Gasteiger partial charge >= 0.3 is 6.03 Å². The number of fused-ring (bicyclic) bond motifs is 1. The highest BCUT2D eigenvalue weighted by Gasteiger charge is 2.04. The van der Waals surface area contributed by atoms with Crippen molar-refractivity contribution < 1.29 is 4.79 Å². The SMILES string of the molecule is NC(=O)NSc1ncnc2ccccc12. The molecule has 0 aliphatic heterocycles. The van der Waals surface area contributed by atoms with Crippen LogP contribution in [0.25, 0.3) is 10.9 Å². The van der Waals surface area contributed by atoms with E-state index in [0.29, 0.717) is 5.03 Å². The van der Waals surface area contributed by atoms with Crippen molar-refractivity contribution in [1.29, 1.82) is 0 Å². The topological polar surface area (TPSA) is 80.9 Å². The molecule has 3 N–H and O–H groups in total. The monoisotopic (exact) mass is 220 g/mol. The number of amides is 2. The minimum atomic E-state index is -0.595. The molecule has 2 aromatic rings. The van der Waals surface area contributed by atoms with Crippen LogP contribution in [0.2, 0.25) is 0 Å². The van der Waals surface area contributed by atoms with Gasteiger partial charge in [-0.25, -0.2) is 14.8 Å². The van der Waals surface area contributed by atoms with Crippen LogP contribution in [0.3, 0.4) is 0 Å². The van der Waals surface area contributed by atoms with E-state index in [2.05, 4.69) is 14.7 Å². The molecule has 15 heavy (non-hydrogen) atoms. The van der Waals surface area contributed by atoms with Crippen molar-refractivity contribution in [2.45, 2.75) is 5.03 Å². The molecule has 0 unspecified atom stereocenters. The molecule has 0 saturated carbocycles. The van der Waals surface area contributed by atoms with Gasteiger partial charge in [-0.05, 0) is 6.07 Å². The van der Waals surface area contributed by atoms with Crippen molar-refractivity contribution in [3.05, 3.63) is 30.6 Å². The van der Waals surface area contributed by atoms with Gasteiger partial charge in [-0.15, -0.1) is 0 Å². The van der Waals surface area contributed by atoms with Crippen molar-refractivity contribution in [2.75, 3.05) is 0 Å². The molecular weight excluding hydrogens is 212 g/mol. The second-order valence-corrected chi connectivity index (χ2v) is 3.56. The maximum Gasteiger partial charge on any atom is 0.322 e. The number of aromatic nitrogens is 2. The Morgan fingerprint density at radius 2 is 2.13 bits per heavy atom. The molecule has 1 aromatic carbocycles. The summed E-state index contributed by atoms with van der Waals surface area (Å²) in [6.45, 7) is 0. The lowest BCUT2D eigenvalue weighted by atomic mass is 10.2. The van der Waals surface area contributed by atoms with Gasteiger partial charge < -0.3 is 5.73 Å². The van der Waals surface area contributed by atoms with Gasteiger partial charge in [-0.1, -0.05) is 18.2 Å². The molecule has 0 aliphatic carbocycles. The lowest BCUT2D eigenvalue weighted by molar-refractivity contribution is 0.254. The van der Waals surface area contributed by atoms with Crippen molar-refractivity contribution in [2.24, 2.45) is 5.73 Å². The first-order valence-electron chi connectivity index (χ1n) is 4.19. The highest BCUT2D eigenvalue weighted by atomic mass is 32.2. The molecule has 0 fully saturated rings. The van der Waals surface area contributed by atoms with Gasteiger partial charge in [0, 0.05) is 17.3 Å². The maximum absolute atomic E-state index is 10.6. The quantitative estimate of drug-likeness (QED) is 0.590. The highest BCUT2D eigenvalue weighted by Crippen LogP contribution is 2.21. The number of carbonyl (C=O) groups is 1. The number of para-hydroxylation sites is 1. The Hall–Kier alpha value is -1.82. The lowest BCUT2D eigenvalue weighted by Gasteiger charge is -2.03. The van der Waals surface area contributed by atoms with Crippen LogP contribution in [0.5, 0.6) is 0 Å². The fourth-order valence-corrected chi connectivity index (χ4v) is 1.74. The van der Waals surface area contributed by atoms with Gasteiger partial charge in [0.05, 0.1) is 5.52 Å². The van der Waals surface area contributed by atoms with Crippen molar-refractivity contribution in [3.8, 4) is 0 Å². The Kier molecular flexibility index (Phi) is 2.68. The fourth-order valence-electron chi connectivity index (χ4n) is 1.16. The van der Waals surface area contributed by atoms with Crippen molar-refractivity contribution in [1.82, 2.24) is 14.7 Å². The molecular formula is C9H8N4OS. The number of hydrogen-bond donors (Lipinski definition) is 2. The second-order valence-electron chi connectivity index (χ2n) is 2.76. The smallest absolute Gasteiger partial charge is 0.322 e. The number of primary amides is 1. The maximum atomic E-state index is 10.6. The molecule has 2 rings (SSSR count). The third-order valence-corrected chi connectivity index (χ3v) is 2.58. The van der Waals surface area contributed by atoms with Crippen LogP contribution < -0.4 is 10.5 Å². The average molecular weight is 220 g/mol. The van der Waals surface area contributed by atoms with Gasteiger partial charge in [0.25, 0.3) is 0 Å². The Morgan fingerprint density at radius 3 is 2.93 bits per heavy atom. The molecule has 6 heteroatoms. The van der Waals surface area contributed by atoms with E-state index in [0.717, 1.165) is 22.9 Å². The zero-order valence-corrected chi connectivity index (χ0v) is 8.49. The summed E-state index contributed by atoms with van der Waals surface area (Å²) < 4.78 is 2.42. The molecule has 1 aromatic heterocycles. The van der Waals surface area contributed by atoms with Gasteiger partial charge in [0.2, 0.25) is 0 Å². The van der Waals surface area contributed by atoms with E-state index < -0.39 is 6.03 Å². The number of rotatable bonds is 2. The normalized spacial score (nSPS) is 10.1. The minimum absolute atomic E-state index is 0.595. The second kappa shape index (κ2) is 4.14. The number of urea groups is 1. The molecule has 2 amide bonds. The molecule has 1 heterocycles. The van der Waals surface area contributed by atoms with Gasteiger partial charge in [0.1, 0.15) is 11.4 Å². The third-order valence-electron chi connectivity index (χ3n) is 1.75. The summed E-state index contributed by atoms with van der Waals surface area (Å²) in [7, 11) is 0. The Labute approximate surface area is 90.2 Å². The highest BCUT2D eigenvalue weighted by molar-refractivity contribution is 7.98. The molecule has 0 atom stereocenters. The van der Waals surface area contributed by atoms with Crippen LogP contribution in [0, 0.1) is 0 Å². The van der Waals surface area contributed by atoms with Crippen molar-refractivity contribution >= 4 is 28.9 Å². The predicted octanol–water partition coefficient (Wildman–Crippen LogP) is 1.31. The number of benzene rings is 1. The van der Waals surface area contributed by atoms with E-state index in [9.17, 15) is 4.79 Å². The Morgan fingerprint density at radius 1 is 1.33 bits per heavy atom. The molecule has 0 saturated heterocycles. The Balaban J connectivity index is 2.38. The summed E-state index contributed by atoms with van der Waals surface area (Å²) in [6.07, 6.45) is 1.45.